The number of fused-ring (bicyclic) bond motifs is 1. The molecule has 4 aromatic rings. The lowest BCUT2D eigenvalue weighted by molar-refractivity contribution is 0.0491. The summed E-state index contributed by atoms with van der Waals surface area (Å²) in [5.74, 6) is 0.370. The van der Waals surface area contributed by atoms with E-state index in [9.17, 15) is 13.2 Å². The molecule has 4 rings (SSSR count). The van der Waals surface area contributed by atoms with Gasteiger partial charge in [0.2, 0.25) is 5.76 Å². The van der Waals surface area contributed by atoms with Gasteiger partial charge in [-0.15, -0.1) is 4.09 Å². The summed E-state index contributed by atoms with van der Waals surface area (Å²) in [6.07, 6.45) is 0. The molecule has 0 bridgehead atoms. The second-order valence-electron chi connectivity index (χ2n) is 7.34. The lowest BCUT2D eigenvalue weighted by Gasteiger charge is -2.07. The summed E-state index contributed by atoms with van der Waals surface area (Å²) >= 11 is 0. The number of ether oxygens (including phenoxy) is 3. The second kappa shape index (κ2) is 8.75. The van der Waals surface area contributed by atoms with Gasteiger partial charge >= 0.3 is 5.97 Å². The Morgan fingerprint density at radius 3 is 2.38 bits per heavy atom. The molecule has 34 heavy (non-hydrogen) atoms. The molecule has 0 radical (unpaired) electrons. The van der Waals surface area contributed by atoms with E-state index >= 15 is 0 Å². The van der Waals surface area contributed by atoms with Gasteiger partial charge in [0, 0.05) is 28.6 Å². The molecule has 0 fully saturated rings. The second-order valence-corrected chi connectivity index (χ2v) is 9.11. The zero-order chi connectivity index (χ0) is 24.6. The Balaban J connectivity index is 1.78. The number of aryl methyl sites for hydroxylation is 1. The summed E-state index contributed by atoms with van der Waals surface area (Å²) < 4.78 is 48.7. The maximum Gasteiger partial charge on any atom is 0.374 e. The molecule has 0 aliphatic rings. The number of hydrogen-bond acceptors (Lipinski definition) is 9. The van der Waals surface area contributed by atoms with Crippen LogP contribution in [-0.4, -0.2) is 44.4 Å². The zero-order valence-corrected chi connectivity index (χ0v) is 19.8. The number of rotatable bonds is 7. The molecule has 0 atom stereocenters. The van der Waals surface area contributed by atoms with Crippen molar-refractivity contribution in [2.75, 3.05) is 26.6 Å². The van der Waals surface area contributed by atoms with E-state index in [2.05, 4.69) is 5.10 Å². The molecule has 2 heterocycles. The molecule has 0 amide bonds. The first-order valence-corrected chi connectivity index (χ1v) is 11.7. The zero-order valence-electron chi connectivity index (χ0n) is 19.0. The van der Waals surface area contributed by atoms with E-state index < -0.39 is 16.0 Å². The molecular weight excluding hydrogens is 462 g/mol. The third-order valence-electron chi connectivity index (χ3n) is 5.25. The average molecular weight is 486 g/mol. The van der Waals surface area contributed by atoms with Crippen LogP contribution in [0, 0.1) is 6.92 Å². The van der Waals surface area contributed by atoms with Crippen molar-refractivity contribution in [3.8, 4) is 22.8 Å². The molecule has 10 nitrogen and oxygen atoms in total. The molecule has 2 aromatic heterocycles. The highest BCUT2D eigenvalue weighted by Crippen LogP contribution is 2.32. The minimum absolute atomic E-state index is 0.0271. The largest absolute Gasteiger partial charge is 0.497 e. The van der Waals surface area contributed by atoms with Gasteiger partial charge in [0.05, 0.1) is 31.4 Å². The topological polar surface area (TPSA) is 136 Å². The fourth-order valence-electron chi connectivity index (χ4n) is 3.52. The molecule has 0 saturated carbocycles. The Morgan fingerprint density at radius 1 is 1.09 bits per heavy atom. The van der Waals surface area contributed by atoms with E-state index in [1.807, 2.05) is 0 Å². The third-order valence-corrected chi connectivity index (χ3v) is 6.84. The van der Waals surface area contributed by atoms with Crippen LogP contribution in [0.2, 0.25) is 0 Å². The van der Waals surface area contributed by atoms with Crippen LogP contribution in [0.15, 0.2) is 51.8 Å². The molecule has 2 aromatic carbocycles. The number of hydrogen-bond donors (Lipinski definition) is 1. The first kappa shape index (κ1) is 23.2. The highest BCUT2D eigenvalue weighted by atomic mass is 32.2. The van der Waals surface area contributed by atoms with Crippen molar-refractivity contribution in [3.63, 3.8) is 0 Å². The number of anilines is 1. The highest BCUT2D eigenvalue weighted by molar-refractivity contribution is 7.90. The van der Waals surface area contributed by atoms with Gasteiger partial charge < -0.3 is 24.4 Å². The quantitative estimate of drug-likeness (QED) is 0.389. The van der Waals surface area contributed by atoms with Crippen molar-refractivity contribution < 1.29 is 31.8 Å². The molecule has 0 unspecified atom stereocenters. The van der Waals surface area contributed by atoms with Crippen LogP contribution in [0.3, 0.4) is 0 Å². The van der Waals surface area contributed by atoms with Crippen LogP contribution >= 0.6 is 0 Å². The van der Waals surface area contributed by atoms with Gasteiger partial charge in [-0.1, -0.05) is 0 Å². The Kier molecular flexibility index (Phi) is 5.96. The molecule has 178 valence electrons. The average Bonchev–Trinajstić information content (AvgIpc) is 3.39. The number of furan rings is 1. The van der Waals surface area contributed by atoms with Crippen molar-refractivity contribution in [2.24, 2.45) is 0 Å². The maximum atomic E-state index is 13.4. The van der Waals surface area contributed by atoms with Crippen LogP contribution < -0.4 is 15.2 Å². The van der Waals surface area contributed by atoms with Crippen molar-refractivity contribution in [1.29, 1.82) is 0 Å². The minimum Gasteiger partial charge on any atom is -0.497 e. The van der Waals surface area contributed by atoms with E-state index in [-0.39, 0.29) is 23.1 Å². The Morgan fingerprint density at radius 2 is 1.76 bits per heavy atom. The number of carbonyl (C=O) groups is 1. The fourth-order valence-corrected chi connectivity index (χ4v) is 4.75. The van der Waals surface area contributed by atoms with E-state index in [0.717, 1.165) is 4.09 Å². The summed E-state index contributed by atoms with van der Waals surface area (Å²) in [7, 11) is -1.13. The Hall–Kier alpha value is -3.99. The molecular formula is C23H23N3O7S. The molecule has 11 heteroatoms. The van der Waals surface area contributed by atoms with Crippen LogP contribution in [0.4, 0.5) is 5.82 Å². The number of methoxy groups -OCH3 is 2. The molecule has 2 N–H and O–H groups in total. The lowest BCUT2D eigenvalue weighted by Crippen LogP contribution is -2.16. The van der Waals surface area contributed by atoms with Crippen molar-refractivity contribution in [3.05, 3.63) is 53.8 Å². The minimum atomic E-state index is -4.16. The standard InChI is InChI=1S/C23H23N3O7S/c1-5-32-23(27)22-13(2)18-11-17(6-7-20(18)33-22)34(28,29)26-21(24)12-19(25-26)14-8-15(30-3)10-16(9-14)31-4/h6-12H,5,24H2,1-4H3. The monoisotopic (exact) mass is 485 g/mol. The van der Waals surface area contributed by atoms with Crippen LogP contribution in [0.5, 0.6) is 11.5 Å². The lowest BCUT2D eigenvalue weighted by atomic mass is 10.1. The van der Waals surface area contributed by atoms with E-state index in [0.29, 0.717) is 39.3 Å². The maximum absolute atomic E-state index is 13.4. The number of nitrogen functional groups attached to an aromatic ring is 1. The van der Waals surface area contributed by atoms with Gasteiger partial charge in [-0.05, 0) is 44.2 Å². The normalized spacial score (nSPS) is 11.5. The number of carbonyl (C=O) groups excluding carboxylic acids is 1. The highest BCUT2D eigenvalue weighted by Gasteiger charge is 2.25. The van der Waals surface area contributed by atoms with E-state index in [1.165, 1.54) is 38.5 Å². The third kappa shape index (κ3) is 3.94. The SMILES string of the molecule is CCOC(=O)c1oc2ccc(S(=O)(=O)n3nc(-c4cc(OC)cc(OC)c4)cc3N)cc2c1C. The number of nitrogens with two attached hydrogens (primary N) is 1. The van der Waals surface area contributed by atoms with Gasteiger partial charge in [0.1, 0.15) is 22.9 Å². The van der Waals surface area contributed by atoms with Gasteiger partial charge in [0.15, 0.2) is 0 Å². The Labute approximate surface area is 195 Å². The smallest absolute Gasteiger partial charge is 0.374 e. The van der Waals surface area contributed by atoms with Crippen LogP contribution in [-0.2, 0) is 14.8 Å². The summed E-state index contributed by atoms with van der Waals surface area (Å²) in [4.78, 5) is 12.1. The summed E-state index contributed by atoms with van der Waals surface area (Å²) in [6, 6.07) is 10.8. The number of esters is 1. The van der Waals surface area contributed by atoms with Gasteiger partial charge in [0.25, 0.3) is 10.0 Å². The van der Waals surface area contributed by atoms with Crippen molar-refractivity contribution in [2.45, 2.75) is 18.7 Å². The molecule has 0 aliphatic heterocycles. The number of aromatic nitrogens is 2. The summed E-state index contributed by atoms with van der Waals surface area (Å²) in [6.45, 7) is 3.53. The van der Waals surface area contributed by atoms with Crippen LogP contribution in [0.25, 0.3) is 22.2 Å². The summed E-state index contributed by atoms with van der Waals surface area (Å²) in [5, 5.41) is 4.70. The molecule has 0 spiro atoms. The van der Waals surface area contributed by atoms with Crippen molar-refractivity contribution >= 4 is 32.8 Å². The van der Waals surface area contributed by atoms with E-state index in [4.69, 9.17) is 24.4 Å². The number of nitrogens with zero attached hydrogens (tertiary/aromatic N) is 2. The van der Waals surface area contributed by atoms with E-state index in [1.54, 1.807) is 32.0 Å². The first-order valence-electron chi connectivity index (χ1n) is 10.2. The van der Waals surface area contributed by atoms with Crippen LogP contribution in [0.1, 0.15) is 23.0 Å². The predicted molar refractivity (Wildman–Crippen MR) is 125 cm³/mol. The van der Waals surface area contributed by atoms with Crippen molar-refractivity contribution in [1.82, 2.24) is 9.19 Å². The number of benzene rings is 2. The molecule has 0 aliphatic carbocycles. The van der Waals surface area contributed by atoms with Gasteiger partial charge in [-0.2, -0.15) is 13.5 Å². The fraction of sp³-hybridized carbons (Fsp3) is 0.217. The first-order chi connectivity index (χ1) is 16.2. The predicted octanol–water partition coefficient (Wildman–Crippen LogP) is 3.62. The Bertz CT molecular complexity index is 1480. The van der Waals surface area contributed by atoms with Gasteiger partial charge in [-0.3, -0.25) is 0 Å². The van der Waals surface area contributed by atoms with Gasteiger partial charge in [-0.25, -0.2) is 4.79 Å². The molecule has 0 saturated heterocycles. The summed E-state index contributed by atoms with van der Waals surface area (Å²) in [5.41, 5.74) is 7.76.